The molecule has 3 nitrogen and oxygen atoms in total. The number of hydrogen-bond donors (Lipinski definition) is 1. The molecule has 0 bridgehead atoms. The second-order valence-corrected chi connectivity index (χ2v) is 6.10. The van der Waals surface area contributed by atoms with Gasteiger partial charge in [-0.25, -0.2) is 0 Å². The predicted molar refractivity (Wildman–Crippen MR) is 94.0 cm³/mol. The number of nitrogens with zero attached hydrogens (tertiary/aromatic N) is 1. The minimum atomic E-state index is -0.991. The summed E-state index contributed by atoms with van der Waals surface area (Å²) < 4.78 is 0. The first-order valence-electron chi connectivity index (χ1n) is 8.07. The van der Waals surface area contributed by atoms with Crippen LogP contribution in [-0.4, -0.2) is 29.5 Å². The van der Waals surface area contributed by atoms with E-state index in [0.29, 0.717) is 19.4 Å². The lowest BCUT2D eigenvalue weighted by Gasteiger charge is -2.29. The molecule has 0 aliphatic carbocycles. The van der Waals surface area contributed by atoms with Gasteiger partial charge in [0.15, 0.2) is 0 Å². The molecule has 122 valence electrons. The molecule has 0 fully saturated rings. The summed E-state index contributed by atoms with van der Waals surface area (Å²) in [5.74, 6) is 0.0946. The average Bonchev–Trinajstić information content (AvgIpc) is 2.59. The molecule has 0 saturated carbocycles. The number of hydrogen-bond acceptors (Lipinski definition) is 2. The van der Waals surface area contributed by atoms with Crippen LogP contribution < -0.4 is 0 Å². The van der Waals surface area contributed by atoms with Gasteiger partial charge in [-0.05, 0) is 30.0 Å². The van der Waals surface area contributed by atoms with Crippen molar-refractivity contribution in [1.82, 2.24) is 4.90 Å². The Morgan fingerprint density at radius 2 is 1.70 bits per heavy atom. The van der Waals surface area contributed by atoms with Crippen molar-refractivity contribution < 1.29 is 9.90 Å². The maximum atomic E-state index is 11.7. The van der Waals surface area contributed by atoms with Crippen LogP contribution in [0, 0.1) is 0 Å². The molecule has 3 heteroatoms. The highest BCUT2D eigenvalue weighted by molar-refractivity contribution is 5.75. The number of aliphatic hydroxyl groups is 1. The molecule has 2 aromatic carbocycles. The minimum Gasteiger partial charge on any atom is -0.385 e. The van der Waals surface area contributed by atoms with Gasteiger partial charge in [0.2, 0.25) is 5.91 Å². The van der Waals surface area contributed by atoms with E-state index in [9.17, 15) is 9.90 Å². The molecule has 1 N–H and O–H groups in total. The number of rotatable bonds is 6. The fourth-order valence-electron chi connectivity index (χ4n) is 2.74. The van der Waals surface area contributed by atoms with E-state index >= 15 is 0 Å². The van der Waals surface area contributed by atoms with Crippen LogP contribution in [0.2, 0.25) is 0 Å². The molecule has 1 amide bonds. The van der Waals surface area contributed by atoms with Crippen molar-refractivity contribution in [3.8, 4) is 11.1 Å². The molecule has 0 radical (unpaired) electrons. The summed E-state index contributed by atoms with van der Waals surface area (Å²) >= 11 is 0. The van der Waals surface area contributed by atoms with E-state index in [1.54, 1.807) is 11.9 Å². The molecule has 0 spiro atoms. The van der Waals surface area contributed by atoms with Gasteiger partial charge in [0.05, 0.1) is 5.60 Å². The SMILES string of the molecule is CCC(=O)N(C)CCC(C)(O)c1ccccc1-c1ccccc1. The molecule has 23 heavy (non-hydrogen) atoms. The van der Waals surface area contributed by atoms with Gasteiger partial charge in [0.1, 0.15) is 0 Å². The number of amides is 1. The second kappa shape index (κ2) is 7.42. The van der Waals surface area contributed by atoms with Gasteiger partial charge in [-0.2, -0.15) is 0 Å². The van der Waals surface area contributed by atoms with E-state index < -0.39 is 5.60 Å². The van der Waals surface area contributed by atoms with Crippen LogP contribution in [-0.2, 0) is 10.4 Å². The lowest BCUT2D eigenvalue weighted by atomic mass is 9.86. The Bertz CT molecular complexity index is 650. The molecule has 1 unspecified atom stereocenters. The normalized spacial score (nSPS) is 13.4. The van der Waals surface area contributed by atoms with Crippen molar-refractivity contribution in [1.29, 1.82) is 0 Å². The summed E-state index contributed by atoms with van der Waals surface area (Å²) in [5.41, 5.74) is 2.02. The minimum absolute atomic E-state index is 0.0946. The molecule has 2 rings (SSSR count). The van der Waals surface area contributed by atoms with Gasteiger partial charge in [0.25, 0.3) is 0 Å². The molecular formula is C20H25NO2. The van der Waals surface area contributed by atoms with E-state index in [4.69, 9.17) is 0 Å². The molecule has 0 aromatic heterocycles. The van der Waals surface area contributed by atoms with Crippen LogP contribution in [0.3, 0.4) is 0 Å². The fourth-order valence-corrected chi connectivity index (χ4v) is 2.74. The number of carbonyl (C=O) groups excluding carboxylic acids is 1. The van der Waals surface area contributed by atoms with Crippen LogP contribution >= 0.6 is 0 Å². The van der Waals surface area contributed by atoms with E-state index in [1.807, 2.05) is 68.4 Å². The van der Waals surface area contributed by atoms with Crippen LogP contribution in [0.15, 0.2) is 54.6 Å². The van der Waals surface area contributed by atoms with Gasteiger partial charge in [-0.15, -0.1) is 0 Å². The maximum Gasteiger partial charge on any atom is 0.222 e. The zero-order chi connectivity index (χ0) is 16.9. The number of benzene rings is 2. The Morgan fingerprint density at radius 3 is 2.35 bits per heavy atom. The Hall–Kier alpha value is -2.13. The van der Waals surface area contributed by atoms with Crippen molar-refractivity contribution in [3.63, 3.8) is 0 Å². The molecular weight excluding hydrogens is 286 g/mol. The molecule has 1 atom stereocenters. The topological polar surface area (TPSA) is 40.5 Å². The van der Waals surface area contributed by atoms with Crippen molar-refractivity contribution in [3.05, 3.63) is 60.2 Å². The third-order valence-electron chi connectivity index (χ3n) is 4.25. The van der Waals surface area contributed by atoms with Crippen LogP contribution in [0.5, 0.6) is 0 Å². The molecule has 0 saturated heterocycles. The van der Waals surface area contributed by atoms with Crippen LogP contribution in [0.4, 0.5) is 0 Å². The lowest BCUT2D eigenvalue weighted by molar-refractivity contribution is -0.130. The Morgan fingerprint density at radius 1 is 1.09 bits per heavy atom. The first-order valence-corrected chi connectivity index (χ1v) is 8.07. The summed E-state index contributed by atoms with van der Waals surface area (Å²) in [6.45, 7) is 4.20. The van der Waals surface area contributed by atoms with Crippen molar-refractivity contribution in [2.75, 3.05) is 13.6 Å². The smallest absolute Gasteiger partial charge is 0.222 e. The molecule has 0 aliphatic heterocycles. The highest BCUT2D eigenvalue weighted by atomic mass is 16.3. The highest BCUT2D eigenvalue weighted by Crippen LogP contribution is 2.33. The zero-order valence-electron chi connectivity index (χ0n) is 14.1. The Labute approximate surface area is 138 Å². The van der Waals surface area contributed by atoms with Crippen molar-refractivity contribution in [2.24, 2.45) is 0 Å². The Balaban J connectivity index is 2.25. The van der Waals surface area contributed by atoms with Gasteiger partial charge < -0.3 is 10.0 Å². The maximum absolute atomic E-state index is 11.7. The van der Waals surface area contributed by atoms with Gasteiger partial charge in [-0.3, -0.25) is 4.79 Å². The largest absolute Gasteiger partial charge is 0.385 e. The molecule has 0 heterocycles. The third-order valence-corrected chi connectivity index (χ3v) is 4.25. The number of carbonyl (C=O) groups is 1. The zero-order valence-corrected chi connectivity index (χ0v) is 14.1. The Kier molecular flexibility index (Phi) is 5.56. The predicted octanol–water partition coefficient (Wildman–Crippen LogP) is 3.82. The van der Waals surface area contributed by atoms with Crippen LogP contribution in [0.1, 0.15) is 32.3 Å². The summed E-state index contributed by atoms with van der Waals surface area (Å²) in [4.78, 5) is 13.4. The fraction of sp³-hybridized carbons (Fsp3) is 0.350. The summed E-state index contributed by atoms with van der Waals surface area (Å²) in [5, 5.41) is 11.0. The van der Waals surface area contributed by atoms with Gasteiger partial charge in [0, 0.05) is 20.0 Å². The lowest BCUT2D eigenvalue weighted by Crippen LogP contribution is -2.33. The first-order chi connectivity index (χ1) is 11.0. The monoisotopic (exact) mass is 311 g/mol. The third kappa shape index (κ3) is 4.20. The first kappa shape index (κ1) is 17.2. The molecule has 0 aliphatic rings. The highest BCUT2D eigenvalue weighted by Gasteiger charge is 2.26. The summed E-state index contributed by atoms with van der Waals surface area (Å²) in [7, 11) is 1.78. The van der Waals surface area contributed by atoms with E-state index in [1.165, 1.54) is 0 Å². The van der Waals surface area contributed by atoms with Gasteiger partial charge in [-0.1, -0.05) is 61.5 Å². The summed E-state index contributed by atoms with van der Waals surface area (Å²) in [6.07, 6.45) is 0.984. The van der Waals surface area contributed by atoms with Gasteiger partial charge >= 0.3 is 0 Å². The van der Waals surface area contributed by atoms with Crippen molar-refractivity contribution in [2.45, 2.75) is 32.3 Å². The van der Waals surface area contributed by atoms with E-state index in [0.717, 1.165) is 16.7 Å². The summed E-state index contributed by atoms with van der Waals surface area (Å²) in [6, 6.07) is 18.0. The van der Waals surface area contributed by atoms with E-state index in [2.05, 4.69) is 0 Å². The molecule has 2 aromatic rings. The average molecular weight is 311 g/mol. The standard InChI is InChI=1S/C20H25NO2/c1-4-19(22)21(3)15-14-20(2,23)18-13-9-8-12-17(18)16-10-6-5-7-11-16/h5-13,23H,4,14-15H2,1-3H3. The quantitative estimate of drug-likeness (QED) is 0.881. The van der Waals surface area contributed by atoms with Crippen molar-refractivity contribution >= 4 is 5.91 Å². The van der Waals surface area contributed by atoms with E-state index in [-0.39, 0.29) is 5.91 Å². The second-order valence-electron chi connectivity index (χ2n) is 6.10. The van der Waals surface area contributed by atoms with Crippen LogP contribution in [0.25, 0.3) is 11.1 Å².